The van der Waals surface area contributed by atoms with Crippen molar-refractivity contribution in [1.82, 2.24) is 4.98 Å². The van der Waals surface area contributed by atoms with Crippen LogP contribution >= 0.6 is 11.3 Å². The Labute approximate surface area is 101 Å². The predicted molar refractivity (Wildman–Crippen MR) is 61.5 cm³/mol. The first kappa shape index (κ1) is 11.7. The van der Waals surface area contributed by atoms with Crippen LogP contribution in [0.4, 0.5) is 8.78 Å². The molecule has 0 aliphatic carbocycles. The lowest BCUT2D eigenvalue weighted by Gasteiger charge is -1.98. The quantitative estimate of drug-likeness (QED) is 0.818. The number of thiazole rings is 1. The zero-order chi connectivity index (χ0) is 12.4. The van der Waals surface area contributed by atoms with Gasteiger partial charge in [-0.2, -0.15) is 5.26 Å². The lowest BCUT2D eigenvalue weighted by Crippen LogP contribution is -1.85. The average molecular weight is 250 g/mol. The Kier molecular flexibility index (Phi) is 3.16. The number of hydrogen-bond donors (Lipinski definition) is 0. The van der Waals surface area contributed by atoms with Crippen molar-refractivity contribution in [3.05, 3.63) is 40.4 Å². The van der Waals surface area contributed by atoms with Crippen LogP contribution in [0.25, 0.3) is 10.6 Å². The summed E-state index contributed by atoms with van der Waals surface area (Å²) in [6, 6.07) is 5.27. The Balaban J connectivity index is 2.50. The standard InChI is InChI=1S/C12H8F2N2S/c1-7-11(4-5-15)17-12(16-7)9-6-8(13)2-3-10(9)14/h2-3,6H,4H2,1H3. The van der Waals surface area contributed by atoms with Crippen molar-refractivity contribution in [3.8, 4) is 16.6 Å². The molecule has 0 N–H and O–H groups in total. The summed E-state index contributed by atoms with van der Waals surface area (Å²) in [6.07, 6.45) is 0.237. The molecule has 0 bridgehead atoms. The van der Waals surface area contributed by atoms with E-state index in [2.05, 4.69) is 4.98 Å². The molecule has 2 aromatic rings. The van der Waals surface area contributed by atoms with Gasteiger partial charge in [-0.3, -0.25) is 0 Å². The van der Waals surface area contributed by atoms with Crippen LogP contribution in [0, 0.1) is 29.9 Å². The second kappa shape index (κ2) is 4.60. The molecule has 2 rings (SSSR count). The number of nitriles is 1. The Hall–Kier alpha value is -1.80. The van der Waals surface area contributed by atoms with E-state index in [9.17, 15) is 8.78 Å². The highest BCUT2D eigenvalue weighted by molar-refractivity contribution is 7.15. The van der Waals surface area contributed by atoms with Crippen LogP contribution in [0.5, 0.6) is 0 Å². The Morgan fingerprint density at radius 3 is 2.88 bits per heavy atom. The maximum Gasteiger partial charge on any atom is 0.133 e. The largest absolute Gasteiger partial charge is 0.241 e. The van der Waals surface area contributed by atoms with Crippen LogP contribution in [-0.4, -0.2) is 4.98 Å². The fourth-order valence-corrected chi connectivity index (χ4v) is 2.45. The molecule has 0 saturated heterocycles. The normalized spacial score (nSPS) is 10.2. The highest BCUT2D eigenvalue weighted by atomic mass is 32.1. The van der Waals surface area contributed by atoms with E-state index in [0.717, 1.165) is 23.1 Å². The van der Waals surface area contributed by atoms with Gasteiger partial charge in [0.2, 0.25) is 0 Å². The van der Waals surface area contributed by atoms with Crippen LogP contribution in [0.2, 0.25) is 0 Å². The highest BCUT2D eigenvalue weighted by Gasteiger charge is 2.13. The molecule has 1 aromatic heterocycles. The van der Waals surface area contributed by atoms with Crippen molar-refractivity contribution >= 4 is 11.3 Å². The van der Waals surface area contributed by atoms with Gasteiger partial charge in [0.25, 0.3) is 0 Å². The molecular formula is C12H8F2N2S. The third kappa shape index (κ3) is 2.32. The predicted octanol–water partition coefficient (Wildman–Crippen LogP) is 3.46. The summed E-state index contributed by atoms with van der Waals surface area (Å²) < 4.78 is 26.6. The molecule has 2 nitrogen and oxygen atoms in total. The third-order valence-electron chi connectivity index (χ3n) is 2.29. The van der Waals surface area contributed by atoms with Crippen molar-refractivity contribution < 1.29 is 8.78 Å². The maximum absolute atomic E-state index is 13.5. The van der Waals surface area contributed by atoms with Gasteiger partial charge in [-0.1, -0.05) is 0 Å². The topological polar surface area (TPSA) is 36.7 Å². The molecule has 0 saturated carbocycles. The summed E-state index contributed by atoms with van der Waals surface area (Å²) in [5.41, 5.74) is 0.831. The Morgan fingerprint density at radius 1 is 1.41 bits per heavy atom. The molecule has 5 heteroatoms. The number of hydrogen-bond acceptors (Lipinski definition) is 3. The van der Waals surface area contributed by atoms with Gasteiger partial charge >= 0.3 is 0 Å². The van der Waals surface area contributed by atoms with E-state index in [0.29, 0.717) is 10.7 Å². The van der Waals surface area contributed by atoms with Crippen molar-refractivity contribution in [2.45, 2.75) is 13.3 Å². The lowest BCUT2D eigenvalue weighted by atomic mass is 10.2. The van der Waals surface area contributed by atoms with E-state index in [1.165, 1.54) is 11.3 Å². The maximum atomic E-state index is 13.5. The van der Waals surface area contributed by atoms with Crippen LogP contribution in [0.3, 0.4) is 0 Å². The third-order valence-corrected chi connectivity index (χ3v) is 3.48. The molecule has 86 valence electrons. The monoisotopic (exact) mass is 250 g/mol. The molecule has 0 spiro atoms. The highest BCUT2D eigenvalue weighted by Crippen LogP contribution is 2.30. The summed E-state index contributed by atoms with van der Waals surface area (Å²) in [5, 5.41) is 9.02. The van der Waals surface area contributed by atoms with E-state index < -0.39 is 11.6 Å². The molecule has 1 aromatic carbocycles. The second-order valence-electron chi connectivity index (χ2n) is 3.49. The summed E-state index contributed by atoms with van der Waals surface area (Å²) in [6.45, 7) is 1.75. The average Bonchev–Trinajstić information content (AvgIpc) is 2.64. The van der Waals surface area contributed by atoms with Crippen molar-refractivity contribution in [1.29, 1.82) is 5.26 Å². The number of nitrogens with zero attached hydrogens (tertiary/aromatic N) is 2. The number of aryl methyl sites for hydroxylation is 1. The summed E-state index contributed by atoms with van der Waals surface area (Å²) in [5.74, 6) is -1.01. The first-order valence-electron chi connectivity index (χ1n) is 4.90. The van der Waals surface area contributed by atoms with Gasteiger partial charge in [0, 0.05) is 10.4 Å². The molecule has 0 radical (unpaired) electrons. The van der Waals surface area contributed by atoms with Gasteiger partial charge in [-0.05, 0) is 25.1 Å². The van der Waals surface area contributed by atoms with Gasteiger partial charge in [-0.15, -0.1) is 11.3 Å². The smallest absolute Gasteiger partial charge is 0.133 e. The summed E-state index contributed by atoms with van der Waals surface area (Å²) in [7, 11) is 0. The summed E-state index contributed by atoms with van der Waals surface area (Å²) in [4.78, 5) is 4.95. The van der Waals surface area contributed by atoms with Gasteiger partial charge in [-0.25, -0.2) is 13.8 Å². The molecule has 0 atom stereocenters. The van der Waals surface area contributed by atoms with E-state index >= 15 is 0 Å². The SMILES string of the molecule is Cc1nc(-c2cc(F)ccc2F)sc1CC#N. The number of benzene rings is 1. The fraction of sp³-hybridized carbons (Fsp3) is 0.167. The van der Waals surface area contributed by atoms with E-state index in [1.54, 1.807) is 6.92 Å². The minimum absolute atomic E-state index is 0.141. The Bertz CT molecular complexity index is 599. The van der Waals surface area contributed by atoms with Gasteiger partial charge in [0.1, 0.15) is 16.6 Å². The fourth-order valence-electron chi connectivity index (χ4n) is 1.44. The molecule has 0 unspecified atom stereocenters. The number of rotatable bonds is 2. The van der Waals surface area contributed by atoms with Crippen molar-refractivity contribution in [2.75, 3.05) is 0 Å². The zero-order valence-electron chi connectivity index (χ0n) is 9.00. The van der Waals surface area contributed by atoms with Gasteiger partial charge < -0.3 is 0 Å². The van der Waals surface area contributed by atoms with Crippen LogP contribution in [-0.2, 0) is 6.42 Å². The van der Waals surface area contributed by atoms with Crippen LogP contribution in [0.1, 0.15) is 10.6 Å². The van der Waals surface area contributed by atoms with E-state index in [1.807, 2.05) is 6.07 Å². The van der Waals surface area contributed by atoms with Crippen molar-refractivity contribution in [2.24, 2.45) is 0 Å². The molecule has 0 fully saturated rings. The van der Waals surface area contributed by atoms with Crippen molar-refractivity contribution in [3.63, 3.8) is 0 Å². The first-order chi connectivity index (χ1) is 8.11. The molecular weight excluding hydrogens is 242 g/mol. The lowest BCUT2D eigenvalue weighted by molar-refractivity contribution is 0.603. The number of halogens is 2. The molecule has 0 amide bonds. The zero-order valence-corrected chi connectivity index (χ0v) is 9.81. The number of aromatic nitrogens is 1. The molecule has 17 heavy (non-hydrogen) atoms. The minimum atomic E-state index is -0.511. The first-order valence-corrected chi connectivity index (χ1v) is 5.72. The van der Waals surface area contributed by atoms with Crippen LogP contribution in [0.15, 0.2) is 18.2 Å². The van der Waals surface area contributed by atoms with Gasteiger partial charge in [0.05, 0.1) is 18.2 Å². The second-order valence-corrected chi connectivity index (χ2v) is 4.57. The molecule has 0 aliphatic heterocycles. The Morgan fingerprint density at radius 2 is 2.18 bits per heavy atom. The van der Waals surface area contributed by atoms with Gasteiger partial charge in [0.15, 0.2) is 0 Å². The minimum Gasteiger partial charge on any atom is -0.241 e. The van der Waals surface area contributed by atoms with E-state index in [-0.39, 0.29) is 12.0 Å². The van der Waals surface area contributed by atoms with E-state index in [4.69, 9.17) is 5.26 Å². The summed E-state index contributed by atoms with van der Waals surface area (Å²) >= 11 is 1.22. The molecule has 1 heterocycles. The van der Waals surface area contributed by atoms with Crippen LogP contribution < -0.4 is 0 Å². The molecule has 0 aliphatic rings.